The number of nitrogens with zero attached hydrogens (tertiary/aromatic N) is 1. The fraction of sp³-hybridized carbons (Fsp3) is 0.364. The lowest BCUT2D eigenvalue weighted by molar-refractivity contribution is -0.388. The molecule has 148 valence electrons. The van der Waals surface area contributed by atoms with E-state index in [9.17, 15) is 23.3 Å². The molecule has 2 aromatic carbocycles. The van der Waals surface area contributed by atoms with Gasteiger partial charge in [0.1, 0.15) is 5.56 Å². The number of alkyl halides is 3. The van der Waals surface area contributed by atoms with E-state index < -0.39 is 22.4 Å². The van der Waals surface area contributed by atoms with Crippen molar-refractivity contribution in [3.8, 4) is 0 Å². The number of benzene rings is 2. The molecule has 2 atom stereocenters. The first-order chi connectivity index (χ1) is 13.2. The summed E-state index contributed by atoms with van der Waals surface area (Å²) in [6.07, 6.45) is 0.946. The number of hydrogen-bond donors (Lipinski definition) is 0. The normalized spacial score (nSPS) is 19.9. The van der Waals surface area contributed by atoms with E-state index in [0.29, 0.717) is 23.8 Å². The molecule has 1 aliphatic rings. The first-order valence-corrected chi connectivity index (χ1v) is 9.34. The van der Waals surface area contributed by atoms with Gasteiger partial charge in [-0.05, 0) is 60.3 Å². The van der Waals surface area contributed by atoms with Crippen LogP contribution >= 0.6 is 0 Å². The summed E-state index contributed by atoms with van der Waals surface area (Å²) in [4.78, 5) is 10.2. The highest BCUT2D eigenvalue weighted by Crippen LogP contribution is 2.40. The van der Waals surface area contributed by atoms with Gasteiger partial charge in [0.2, 0.25) is 0 Å². The summed E-state index contributed by atoms with van der Waals surface area (Å²) in [5, 5.41) is 11.2. The standard InChI is InChI=1S/C22H22F3NO2/c1-15-11-17(8-7-16-5-3-2-4-6-16)13-19(12-15)18-9-10-20(22(23,24)25)21(14-18)26(27)28/h2-6,9-10,13-15,17H,7-8,11-12H2,1H3/t15-,17+/m0/s1. The van der Waals surface area contributed by atoms with Crippen molar-refractivity contribution in [3.05, 3.63) is 81.4 Å². The lowest BCUT2D eigenvalue weighted by Gasteiger charge is -2.27. The number of aryl methyl sites for hydroxylation is 1. The summed E-state index contributed by atoms with van der Waals surface area (Å²) in [5.41, 5.74) is 0.571. The molecule has 0 spiro atoms. The summed E-state index contributed by atoms with van der Waals surface area (Å²) in [6, 6.07) is 13.4. The van der Waals surface area contributed by atoms with Crippen molar-refractivity contribution in [3.63, 3.8) is 0 Å². The average Bonchev–Trinajstić information content (AvgIpc) is 2.65. The molecule has 0 radical (unpaired) electrons. The second-order valence-corrected chi connectivity index (χ2v) is 7.51. The fourth-order valence-corrected chi connectivity index (χ4v) is 3.93. The van der Waals surface area contributed by atoms with Crippen LogP contribution in [0.1, 0.15) is 42.9 Å². The first-order valence-electron chi connectivity index (χ1n) is 9.34. The number of rotatable bonds is 5. The number of nitro groups is 1. The highest BCUT2D eigenvalue weighted by molar-refractivity contribution is 5.69. The molecule has 6 heteroatoms. The van der Waals surface area contributed by atoms with Crippen LogP contribution in [0.2, 0.25) is 0 Å². The van der Waals surface area contributed by atoms with Gasteiger partial charge in [-0.2, -0.15) is 13.2 Å². The van der Waals surface area contributed by atoms with Crippen LogP contribution in [0.5, 0.6) is 0 Å². The molecule has 0 saturated heterocycles. The molecule has 2 aromatic rings. The van der Waals surface area contributed by atoms with Crippen LogP contribution in [0.15, 0.2) is 54.6 Å². The molecule has 0 aliphatic heterocycles. The Kier molecular flexibility index (Phi) is 5.87. The van der Waals surface area contributed by atoms with Crippen molar-refractivity contribution in [2.75, 3.05) is 0 Å². The Labute approximate surface area is 162 Å². The molecule has 0 heterocycles. The predicted molar refractivity (Wildman–Crippen MR) is 103 cm³/mol. The minimum Gasteiger partial charge on any atom is -0.258 e. The fourth-order valence-electron chi connectivity index (χ4n) is 3.93. The smallest absolute Gasteiger partial charge is 0.258 e. The summed E-state index contributed by atoms with van der Waals surface area (Å²) in [5.74, 6) is 0.683. The van der Waals surface area contributed by atoms with E-state index in [1.807, 2.05) is 18.2 Å². The van der Waals surface area contributed by atoms with Gasteiger partial charge in [-0.25, -0.2) is 0 Å². The van der Waals surface area contributed by atoms with Crippen LogP contribution in [0.25, 0.3) is 5.57 Å². The van der Waals surface area contributed by atoms with E-state index in [1.165, 1.54) is 11.6 Å². The zero-order chi connectivity index (χ0) is 20.3. The Bertz CT molecular complexity index is 875. The van der Waals surface area contributed by atoms with Crippen LogP contribution in [-0.4, -0.2) is 4.92 Å². The molecule has 0 aromatic heterocycles. The molecular weight excluding hydrogens is 367 g/mol. The van der Waals surface area contributed by atoms with Gasteiger partial charge in [-0.3, -0.25) is 10.1 Å². The maximum Gasteiger partial charge on any atom is 0.422 e. The summed E-state index contributed by atoms with van der Waals surface area (Å²) in [6.45, 7) is 2.11. The third-order valence-corrected chi connectivity index (χ3v) is 5.23. The van der Waals surface area contributed by atoms with Gasteiger partial charge >= 0.3 is 6.18 Å². The zero-order valence-corrected chi connectivity index (χ0v) is 15.6. The van der Waals surface area contributed by atoms with Crippen molar-refractivity contribution in [2.45, 2.75) is 38.8 Å². The van der Waals surface area contributed by atoms with Gasteiger partial charge in [-0.15, -0.1) is 0 Å². The van der Waals surface area contributed by atoms with Gasteiger partial charge in [0, 0.05) is 6.07 Å². The second-order valence-electron chi connectivity index (χ2n) is 7.51. The van der Waals surface area contributed by atoms with E-state index in [4.69, 9.17) is 0 Å². The van der Waals surface area contributed by atoms with E-state index in [2.05, 4.69) is 25.1 Å². The van der Waals surface area contributed by atoms with Crippen molar-refractivity contribution < 1.29 is 18.1 Å². The van der Waals surface area contributed by atoms with Gasteiger partial charge in [0.15, 0.2) is 0 Å². The Morgan fingerprint density at radius 3 is 2.50 bits per heavy atom. The molecular formula is C22H22F3NO2. The minimum atomic E-state index is -4.74. The first kappa shape index (κ1) is 20.1. The molecule has 1 aliphatic carbocycles. The van der Waals surface area contributed by atoms with Gasteiger partial charge < -0.3 is 0 Å². The summed E-state index contributed by atoms with van der Waals surface area (Å²) >= 11 is 0. The molecule has 0 fully saturated rings. The molecule has 28 heavy (non-hydrogen) atoms. The SMILES string of the molecule is C[C@@H]1CC(c2ccc(C(F)(F)F)c([N+](=O)[O-])c2)=C[C@H](CCc2ccccc2)C1. The molecule has 0 saturated carbocycles. The lowest BCUT2D eigenvalue weighted by Crippen LogP contribution is -2.13. The van der Waals surface area contributed by atoms with Crippen LogP contribution < -0.4 is 0 Å². The summed E-state index contributed by atoms with van der Waals surface area (Å²) in [7, 11) is 0. The lowest BCUT2D eigenvalue weighted by atomic mass is 9.79. The Morgan fingerprint density at radius 2 is 1.86 bits per heavy atom. The molecule has 3 nitrogen and oxygen atoms in total. The van der Waals surface area contributed by atoms with Crippen LogP contribution in [0.4, 0.5) is 18.9 Å². The van der Waals surface area contributed by atoms with E-state index in [0.717, 1.165) is 37.0 Å². The molecule has 0 bridgehead atoms. The maximum atomic E-state index is 13.0. The van der Waals surface area contributed by atoms with Crippen LogP contribution in [0.3, 0.4) is 0 Å². The largest absolute Gasteiger partial charge is 0.422 e. The predicted octanol–water partition coefficient (Wildman–Crippen LogP) is 6.68. The minimum absolute atomic E-state index is 0.306. The van der Waals surface area contributed by atoms with Crippen molar-refractivity contribution in [1.82, 2.24) is 0 Å². The molecule has 3 rings (SSSR count). The molecule has 0 amide bonds. The highest BCUT2D eigenvalue weighted by Gasteiger charge is 2.38. The Balaban J connectivity index is 1.85. The monoisotopic (exact) mass is 389 g/mol. The maximum absolute atomic E-state index is 13.0. The molecule has 0 unspecified atom stereocenters. The number of allylic oxidation sites excluding steroid dienone is 2. The summed E-state index contributed by atoms with van der Waals surface area (Å²) < 4.78 is 39.1. The van der Waals surface area contributed by atoms with E-state index >= 15 is 0 Å². The van der Waals surface area contributed by atoms with Gasteiger partial charge in [-0.1, -0.05) is 49.4 Å². The Morgan fingerprint density at radius 1 is 1.14 bits per heavy atom. The van der Waals surface area contributed by atoms with Crippen LogP contribution in [0, 0.1) is 22.0 Å². The number of halogens is 3. The zero-order valence-electron chi connectivity index (χ0n) is 15.6. The van der Waals surface area contributed by atoms with Crippen molar-refractivity contribution >= 4 is 11.3 Å². The van der Waals surface area contributed by atoms with Gasteiger partial charge in [0.25, 0.3) is 5.69 Å². The van der Waals surface area contributed by atoms with Gasteiger partial charge in [0.05, 0.1) is 4.92 Å². The highest BCUT2D eigenvalue weighted by atomic mass is 19.4. The van der Waals surface area contributed by atoms with E-state index in [-0.39, 0.29) is 0 Å². The molecule has 0 N–H and O–H groups in total. The third kappa shape index (κ3) is 4.80. The van der Waals surface area contributed by atoms with E-state index in [1.54, 1.807) is 0 Å². The average molecular weight is 389 g/mol. The van der Waals surface area contributed by atoms with Crippen molar-refractivity contribution in [2.24, 2.45) is 11.8 Å². The second kappa shape index (κ2) is 8.17. The quantitative estimate of drug-likeness (QED) is 0.423. The van der Waals surface area contributed by atoms with Crippen molar-refractivity contribution in [1.29, 1.82) is 0 Å². The number of nitro benzene ring substituents is 1. The third-order valence-electron chi connectivity index (χ3n) is 5.23. The Hall–Kier alpha value is -2.63. The van der Waals surface area contributed by atoms with Crippen LogP contribution in [-0.2, 0) is 12.6 Å². The topological polar surface area (TPSA) is 43.1 Å². The number of hydrogen-bond acceptors (Lipinski definition) is 2.